The van der Waals surface area contributed by atoms with Gasteiger partial charge in [0.25, 0.3) is 12.3 Å². The van der Waals surface area contributed by atoms with Crippen LogP contribution >= 0.6 is 0 Å². The molecule has 0 fully saturated rings. The van der Waals surface area contributed by atoms with Gasteiger partial charge in [-0.1, -0.05) is 6.07 Å². The van der Waals surface area contributed by atoms with Crippen molar-refractivity contribution in [3.8, 4) is 0 Å². The zero-order chi connectivity index (χ0) is 11.4. The van der Waals surface area contributed by atoms with Crippen LogP contribution in [-0.4, -0.2) is 30.8 Å². The molecule has 3 nitrogen and oxygen atoms in total. The van der Waals surface area contributed by atoms with Crippen LogP contribution < -0.4 is 5.73 Å². The number of hydrogen-bond acceptors (Lipinski definition) is 2. The lowest BCUT2D eigenvalue weighted by Gasteiger charge is -2.16. The Morgan fingerprint density at radius 1 is 1.53 bits per heavy atom. The number of rotatable bonds is 3. The van der Waals surface area contributed by atoms with E-state index >= 15 is 0 Å². The third-order valence-electron chi connectivity index (χ3n) is 1.89. The van der Waals surface area contributed by atoms with Crippen molar-refractivity contribution in [3.05, 3.63) is 29.8 Å². The largest absolute Gasteiger partial charge is 0.399 e. The topological polar surface area (TPSA) is 46.3 Å². The van der Waals surface area contributed by atoms with Gasteiger partial charge < -0.3 is 10.6 Å². The first kappa shape index (κ1) is 11.4. The first-order valence-corrected chi connectivity index (χ1v) is 4.40. The molecule has 0 aliphatic carbocycles. The van der Waals surface area contributed by atoms with Crippen LogP contribution in [0, 0.1) is 0 Å². The highest BCUT2D eigenvalue weighted by Gasteiger charge is 2.15. The van der Waals surface area contributed by atoms with E-state index in [-0.39, 0.29) is 0 Å². The average Bonchev–Trinajstić information content (AvgIpc) is 2.15. The van der Waals surface area contributed by atoms with Gasteiger partial charge in [-0.25, -0.2) is 8.78 Å². The molecule has 1 amide bonds. The molecule has 0 aliphatic heterocycles. The molecule has 5 heteroatoms. The fraction of sp³-hybridized carbons (Fsp3) is 0.300. The van der Waals surface area contributed by atoms with E-state index < -0.39 is 18.9 Å². The molecule has 2 N–H and O–H groups in total. The molecule has 0 saturated carbocycles. The molecular formula is C10H12F2N2O. The second-order valence-corrected chi connectivity index (χ2v) is 3.20. The van der Waals surface area contributed by atoms with Gasteiger partial charge in [0.05, 0.1) is 6.54 Å². The Morgan fingerprint density at radius 3 is 2.73 bits per heavy atom. The number of carbonyl (C=O) groups is 1. The number of hydrogen-bond donors (Lipinski definition) is 1. The summed E-state index contributed by atoms with van der Waals surface area (Å²) >= 11 is 0. The van der Waals surface area contributed by atoms with Crippen LogP contribution in [0.1, 0.15) is 10.4 Å². The predicted molar refractivity (Wildman–Crippen MR) is 53.8 cm³/mol. The minimum Gasteiger partial charge on any atom is -0.399 e. The fourth-order valence-electron chi connectivity index (χ4n) is 1.18. The first-order chi connectivity index (χ1) is 7.00. The summed E-state index contributed by atoms with van der Waals surface area (Å²) in [5, 5.41) is 0. The Kier molecular flexibility index (Phi) is 3.60. The number of nitrogens with two attached hydrogens (primary N) is 1. The van der Waals surface area contributed by atoms with Crippen LogP contribution in [-0.2, 0) is 0 Å². The molecule has 1 aromatic carbocycles. The summed E-state index contributed by atoms with van der Waals surface area (Å²) in [6.45, 7) is -0.576. The maximum Gasteiger partial charge on any atom is 0.255 e. The lowest BCUT2D eigenvalue weighted by molar-refractivity contribution is 0.0620. The second-order valence-electron chi connectivity index (χ2n) is 3.20. The maximum absolute atomic E-state index is 12.0. The highest BCUT2D eigenvalue weighted by Crippen LogP contribution is 2.09. The molecule has 1 aromatic rings. The summed E-state index contributed by atoms with van der Waals surface area (Å²) < 4.78 is 24.0. The van der Waals surface area contributed by atoms with Crippen molar-refractivity contribution in [2.45, 2.75) is 6.43 Å². The average molecular weight is 214 g/mol. The molecular weight excluding hydrogens is 202 g/mol. The third-order valence-corrected chi connectivity index (χ3v) is 1.89. The quantitative estimate of drug-likeness (QED) is 0.777. The van der Waals surface area contributed by atoms with Crippen LogP contribution in [0.5, 0.6) is 0 Å². The molecule has 15 heavy (non-hydrogen) atoms. The van der Waals surface area contributed by atoms with Crippen LogP contribution in [0.2, 0.25) is 0 Å². The van der Waals surface area contributed by atoms with E-state index in [9.17, 15) is 13.6 Å². The molecule has 0 saturated heterocycles. The summed E-state index contributed by atoms with van der Waals surface area (Å²) in [6, 6.07) is 6.24. The summed E-state index contributed by atoms with van der Waals surface area (Å²) in [5.41, 5.74) is 6.23. The number of nitrogen functional groups attached to an aromatic ring is 1. The van der Waals surface area contributed by atoms with Gasteiger partial charge in [-0.05, 0) is 18.2 Å². The monoisotopic (exact) mass is 214 g/mol. The lowest BCUT2D eigenvalue weighted by atomic mass is 10.2. The van der Waals surface area contributed by atoms with E-state index in [1.807, 2.05) is 0 Å². The highest BCUT2D eigenvalue weighted by molar-refractivity contribution is 5.94. The summed E-state index contributed by atoms with van der Waals surface area (Å²) in [5.74, 6) is -0.456. The Bertz CT molecular complexity index is 355. The van der Waals surface area contributed by atoms with Crippen molar-refractivity contribution < 1.29 is 13.6 Å². The predicted octanol–water partition coefficient (Wildman–Crippen LogP) is 1.61. The van der Waals surface area contributed by atoms with E-state index in [2.05, 4.69) is 0 Å². The Hall–Kier alpha value is -1.65. The van der Waals surface area contributed by atoms with Crippen molar-refractivity contribution >= 4 is 11.6 Å². The molecule has 0 atom stereocenters. The second kappa shape index (κ2) is 4.72. The summed E-state index contributed by atoms with van der Waals surface area (Å²) in [4.78, 5) is 12.5. The third kappa shape index (κ3) is 3.19. The Labute approximate surface area is 86.5 Å². The fourth-order valence-corrected chi connectivity index (χ4v) is 1.18. The molecule has 82 valence electrons. The summed E-state index contributed by atoms with van der Waals surface area (Å²) in [6.07, 6.45) is -2.53. The number of nitrogens with zero attached hydrogens (tertiary/aromatic N) is 1. The minimum absolute atomic E-state index is 0.318. The first-order valence-electron chi connectivity index (χ1n) is 4.40. The number of benzene rings is 1. The molecule has 0 aromatic heterocycles. The van der Waals surface area contributed by atoms with E-state index in [0.717, 1.165) is 4.90 Å². The van der Waals surface area contributed by atoms with Crippen molar-refractivity contribution in [1.29, 1.82) is 0 Å². The van der Waals surface area contributed by atoms with Crippen LogP contribution in [0.25, 0.3) is 0 Å². The molecule has 0 unspecified atom stereocenters. The molecule has 1 rings (SSSR count). The molecule has 0 heterocycles. The number of alkyl halides is 2. The zero-order valence-electron chi connectivity index (χ0n) is 8.28. The van der Waals surface area contributed by atoms with Gasteiger partial charge in [-0.3, -0.25) is 4.79 Å². The molecule has 0 bridgehead atoms. The minimum atomic E-state index is -2.53. The van der Waals surface area contributed by atoms with Gasteiger partial charge in [0.2, 0.25) is 0 Å². The number of halogens is 2. The lowest BCUT2D eigenvalue weighted by Crippen LogP contribution is -2.31. The maximum atomic E-state index is 12.0. The van der Waals surface area contributed by atoms with E-state index in [1.165, 1.54) is 13.1 Å². The van der Waals surface area contributed by atoms with Crippen LogP contribution in [0.15, 0.2) is 24.3 Å². The SMILES string of the molecule is CN(CC(F)F)C(=O)c1cccc(N)c1. The zero-order valence-corrected chi connectivity index (χ0v) is 8.28. The van der Waals surface area contributed by atoms with Crippen LogP contribution in [0.4, 0.5) is 14.5 Å². The molecule has 0 radical (unpaired) electrons. The van der Waals surface area contributed by atoms with Gasteiger partial charge in [0, 0.05) is 18.3 Å². The highest BCUT2D eigenvalue weighted by atomic mass is 19.3. The number of anilines is 1. The standard InChI is InChI=1S/C10H12F2N2O/c1-14(6-9(11)12)10(15)7-3-2-4-8(13)5-7/h2-5,9H,6,13H2,1H3. The van der Waals surface area contributed by atoms with Gasteiger partial charge in [0.15, 0.2) is 0 Å². The van der Waals surface area contributed by atoms with Gasteiger partial charge in [-0.15, -0.1) is 0 Å². The Morgan fingerprint density at radius 2 is 2.20 bits per heavy atom. The smallest absolute Gasteiger partial charge is 0.255 e. The van der Waals surface area contributed by atoms with Crippen molar-refractivity contribution in [1.82, 2.24) is 4.90 Å². The number of amides is 1. The van der Waals surface area contributed by atoms with E-state index in [0.29, 0.717) is 11.3 Å². The van der Waals surface area contributed by atoms with Gasteiger partial charge in [-0.2, -0.15) is 0 Å². The Balaban J connectivity index is 2.76. The van der Waals surface area contributed by atoms with Crippen molar-refractivity contribution in [2.75, 3.05) is 19.3 Å². The van der Waals surface area contributed by atoms with Crippen LogP contribution in [0.3, 0.4) is 0 Å². The van der Waals surface area contributed by atoms with E-state index in [1.54, 1.807) is 18.2 Å². The summed E-state index contributed by atoms with van der Waals surface area (Å²) in [7, 11) is 1.33. The molecule has 0 aliphatic rings. The van der Waals surface area contributed by atoms with Gasteiger partial charge >= 0.3 is 0 Å². The van der Waals surface area contributed by atoms with Gasteiger partial charge in [0.1, 0.15) is 0 Å². The number of carbonyl (C=O) groups excluding carboxylic acids is 1. The van der Waals surface area contributed by atoms with Crippen molar-refractivity contribution in [2.24, 2.45) is 0 Å². The normalized spacial score (nSPS) is 10.4. The van der Waals surface area contributed by atoms with E-state index in [4.69, 9.17) is 5.73 Å². The van der Waals surface area contributed by atoms with Crippen molar-refractivity contribution in [3.63, 3.8) is 0 Å². The molecule has 0 spiro atoms.